The lowest BCUT2D eigenvalue weighted by Crippen LogP contribution is -2.22. The molecule has 1 N–H and O–H groups in total. The van der Waals surface area contributed by atoms with Crippen LogP contribution in [0.25, 0.3) is 0 Å². The van der Waals surface area contributed by atoms with Gasteiger partial charge in [0.25, 0.3) is 0 Å². The summed E-state index contributed by atoms with van der Waals surface area (Å²) >= 11 is 0. The average molecular weight is 183 g/mol. The molecule has 0 spiro atoms. The van der Waals surface area contributed by atoms with E-state index >= 15 is 0 Å². The number of aryl methyl sites for hydroxylation is 2. The maximum absolute atomic E-state index is 10.7. The Hall–Kier alpha value is -1.52. The number of carbonyl (C=O) groups is 1. The van der Waals surface area contributed by atoms with E-state index in [1.807, 2.05) is 20.2 Å². The highest BCUT2D eigenvalue weighted by atomic mass is 16.5. The van der Waals surface area contributed by atoms with Gasteiger partial charge in [0.2, 0.25) is 0 Å². The summed E-state index contributed by atoms with van der Waals surface area (Å²) in [4.78, 5) is 10.7. The third-order valence-electron chi connectivity index (χ3n) is 1.72. The van der Waals surface area contributed by atoms with E-state index in [2.05, 4.69) is 15.2 Å². The van der Waals surface area contributed by atoms with Gasteiger partial charge in [-0.3, -0.25) is 4.68 Å². The van der Waals surface area contributed by atoms with Crippen LogP contribution in [-0.4, -0.2) is 23.0 Å². The van der Waals surface area contributed by atoms with Crippen molar-refractivity contribution in [3.63, 3.8) is 0 Å². The van der Waals surface area contributed by atoms with Gasteiger partial charge in [0.15, 0.2) is 0 Å². The van der Waals surface area contributed by atoms with Crippen LogP contribution in [0.15, 0.2) is 6.20 Å². The molecule has 0 aliphatic carbocycles. The van der Waals surface area contributed by atoms with Crippen molar-refractivity contribution in [3.8, 4) is 0 Å². The fourth-order valence-electron chi connectivity index (χ4n) is 1.06. The van der Waals surface area contributed by atoms with E-state index < -0.39 is 6.09 Å². The molecule has 1 amide bonds. The molecule has 0 fully saturated rings. The van der Waals surface area contributed by atoms with Crippen LogP contribution in [0.3, 0.4) is 0 Å². The Morgan fingerprint density at radius 1 is 1.77 bits per heavy atom. The molecule has 5 nitrogen and oxygen atoms in total. The van der Waals surface area contributed by atoms with Gasteiger partial charge in [-0.2, -0.15) is 5.10 Å². The minimum Gasteiger partial charge on any atom is -0.453 e. The Morgan fingerprint density at radius 3 is 2.92 bits per heavy atom. The maximum atomic E-state index is 10.7. The minimum atomic E-state index is -0.428. The Balaban J connectivity index is 2.54. The molecule has 0 saturated carbocycles. The molecular weight excluding hydrogens is 170 g/mol. The second-order valence-electron chi connectivity index (χ2n) is 2.76. The standard InChI is InChI=1S/C8H13N3O2/c1-6-7(5-11(2)10-6)4-9-8(12)13-3/h5H,4H2,1-3H3,(H,9,12). The van der Waals surface area contributed by atoms with Gasteiger partial charge >= 0.3 is 6.09 Å². The molecule has 72 valence electrons. The fraction of sp³-hybridized carbons (Fsp3) is 0.500. The quantitative estimate of drug-likeness (QED) is 0.729. The number of nitrogens with one attached hydrogen (secondary N) is 1. The number of methoxy groups -OCH3 is 1. The first-order chi connectivity index (χ1) is 6.13. The van der Waals surface area contributed by atoms with Crippen molar-refractivity contribution in [3.05, 3.63) is 17.5 Å². The number of alkyl carbamates (subject to hydrolysis) is 1. The van der Waals surface area contributed by atoms with Crippen LogP contribution in [0, 0.1) is 6.92 Å². The summed E-state index contributed by atoms with van der Waals surface area (Å²) in [6, 6.07) is 0. The second kappa shape index (κ2) is 3.93. The molecule has 0 saturated heterocycles. The van der Waals surface area contributed by atoms with Gasteiger partial charge in [0, 0.05) is 25.4 Å². The number of ether oxygens (including phenoxy) is 1. The summed E-state index contributed by atoms with van der Waals surface area (Å²) in [7, 11) is 3.18. The lowest BCUT2D eigenvalue weighted by Gasteiger charge is -2.01. The zero-order valence-corrected chi connectivity index (χ0v) is 8.00. The highest BCUT2D eigenvalue weighted by Crippen LogP contribution is 2.03. The van der Waals surface area contributed by atoms with Gasteiger partial charge in [-0.25, -0.2) is 4.79 Å². The topological polar surface area (TPSA) is 56.1 Å². The van der Waals surface area contributed by atoms with Crippen molar-refractivity contribution in [2.75, 3.05) is 7.11 Å². The van der Waals surface area contributed by atoms with Crippen molar-refractivity contribution in [1.29, 1.82) is 0 Å². The largest absolute Gasteiger partial charge is 0.453 e. The number of hydrogen-bond acceptors (Lipinski definition) is 3. The number of rotatable bonds is 2. The van der Waals surface area contributed by atoms with E-state index in [0.29, 0.717) is 6.54 Å². The van der Waals surface area contributed by atoms with Crippen molar-refractivity contribution in [1.82, 2.24) is 15.1 Å². The molecule has 1 rings (SSSR count). The van der Waals surface area contributed by atoms with E-state index in [4.69, 9.17) is 0 Å². The number of amides is 1. The van der Waals surface area contributed by atoms with Gasteiger partial charge in [0.05, 0.1) is 12.8 Å². The normalized spacial score (nSPS) is 9.77. The van der Waals surface area contributed by atoms with Crippen LogP contribution in [-0.2, 0) is 18.3 Å². The summed E-state index contributed by atoms with van der Waals surface area (Å²) in [6.07, 6.45) is 1.44. The summed E-state index contributed by atoms with van der Waals surface area (Å²) < 4.78 is 6.15. The smallest absolute Gasteiger partial charge is 0.407 e. The van der Waals surface area contributed by atoms with Crippen LogP contribution in [0.2, 0.25) is 0 Å². The first-order valence-corrected chi connectivity index (χ1v) is 3.94. The molecule has 0 atom stereocenters. The van der Waals surface area contributed by atoms with Gasteiger partial charge in [-0.15, -0.1) is 0 Å². The zero-order valence-electron chi connectivity index (χ0n) is 8.00. The number of hydrogen-bond donors (Lipinski definition) is 1. The lowest BCUT2D eigenvalue weighted by molar-refractivity contribution is 0.170. The molecule has 1 aromatic rings. The maximum Gasteiger partial charge on any atom is 0.407 e. The summed E-state index contributed by atoms with van der Waals surface area (Å²) in [5, 5.41) is 6.73. The molecule has 1 aromatic heterocycles. The number of aromatic nitrogens is 2. The monoisotopic (exact) mass is 183 g/mol. The highest BCUT2D eigenvalue weighted by molar-refractivity contribution is 5.66. The van der Waals surface area contributed by atoms with Crippen LogP contribution in [0.1, 0.15) is 11.3 Å². The van der Waals surface area contributed by atoms with E-state index in [1.54, 1.807) is 4.68 Å². The molecule has 13 heavy (non-hydrogen) atoms. The Kier molecular flexibility index (Phi) is 2.89. The van der Waals surface area contributed by atoms with Crippen molar-refractivity contribution < 1.29 is 9.53 Å². The van der Waals surface area contributed by atoms with Crippen LogP contribution in [0.4, 0.5) is 4.79 Å². The van der Waals surface area contributed by atoms with Gasteiger partial charge < -0.3 is 10.1 Å². The Bertz CT molecular complexity index is 306. The van der Waals surface area contributed by atoms with Crippen LogP contribution in [0.5, 0.6) is 0 Å². The zero-order chi connectivity index (χ0) is 9.84. The van der Waals surface area contributed by atoms with Crippen molar-refractivity contribution >= 4 is 6.09 Å². The van der Waals surface area contributed by atoms with E-state index in [1.165, 1.54) is 7.11 Å². The molecule has 0 bridgehead atoms. The molecular formula is C8H13N3O2. The fourth-order valence-corrected chi connectivity index (χ4v) is 1.06. The van der Waals surface area contributed by atoms with E-state index in [9.17, 15) is 4.79 Å². The first-order valence-electron chi connectivity index (χ1n) is 3.94. The SMILES string of the molecule is COC(=O)NCc1cn(C)nc1C. The molecule has 1 heterocycles. The highest BCUT2D eigenvalue weighted by Gasteiger charge is 2.04. The Morgan fingerprint density at radius 2 is 2.46 bits per heavy atom. The predicted octanol–water partition coefficient (Wildman–Crippen LogP) is 0.585. The van der Waals surface area contributed by atoms with E-state index in [-0.39, 0.29) is 0 Å². The van der Waals surface area contributed by atoms with Crippen LogP contribution >= 0.6 is 0 Å². The van der Waals surface area contributed by atoms with Crippen molar-refractivity contribution in [2.45, 2.75) is 13.5 Å². The van der Waals surface area contributed by atoms with Crippen molar-refractivity contribution in [2.24, 2.45) is 7.05 Å². The molecule has 0 radical (unpaired) electrons. The Labute approximate surface area is 76.7 Å². The molecule has 0 aliphatic heterocycles. The third kappa shape index (κ3) is 2.47. The van der Waals surface area contributed by atoms with Gasteiger partial charge in [0.1, 0.15) is 0 Å². The van der Waals surface area contributed by atoms with Gasteiger partial charge in [-0.1, -0.05) is 0 Å². The minimum absolute atomic E-state index is 0.428. The summed E-state index contributed by atoms with van der Waals surface area (Å²) in [6.45, 7) is 2.35. The van der Waals surface area contributed by atoms with E-state index in [0.717, 1.165) is 11.3 Å². The molecule has 0 aromatic carbocycles. The molecule has 0 aliphatic rings. The van der Waals surface area contributed by atoms with Crippen LogP contribution < -0.4 is 5.32 Å². The number of nitrogens with zero attached hydrogens (tertiary/aromatic N) is 2. The predicted molar refractivity (Wildman–Crippen MR) is 47.2 cm³/mol. The second-order valence-corrected chi connectivity index (χ2v) is 2.76. The average Bonchev–Trinajstić information content (AvgIpc) is 2.41. The summed E-state index contributed by atoms with van der Waals surface area (Å²) in [5.41, 5.74) is 1.91. The van der Waals surface area contributed by atoms with Gasteiger partial charge in [-0.05, 0) is 6.92 Å². The first kappa shape index (κ1) is 9.57. The molecule has 0 unspecified atom stereocenters. The number of carbonyl (C=O) groups excluding carboxylic acids is 1. The molecule has 5 heteroatoms. The third-order valence-corrected chi connectivity index (χ3v) is 1.72. The summed E-state index contributed by atoms with van der Waals surface area (Å²) in [5.74, 6) is 0. The lowest BCUT2D eigenvalue weighted by atomic mass is 10.3.